The van der Waals surface area contributed by atoms with Crippen molar-refractivity contribution >= 4 is 17.5 Å². The van der Waals surface area contributed by atoms with E-state index in [9.17, 15) is 9.59 Å². The van der Waals surface area contributed by atoms with Crippen LogP contribution in [0.2, 0.25) is 0 Å². The monoisotopic (exact) mass is 282 g/mol. The SMILES string of the molecule is CC(C)NC(=O)c1ccccc1C(=O)Nc1ccccc1. The third kappa shape index (κ3) is 3.92. The Labute approximate surface area is 124 Å². The number of carbonyl (C=O) groups is 2. The summed E-state index contributed by atoms with van der Waals surface area (Å²) in [7, 11) is 0. The van der Waals surface area contributed by atoms with Crippen LogP contribution in [0.1, 0.15) is 34.6 Å². The van der Waals surface area contributed by atoms with E-state index in [1.54, 1.807) is 36.4 Å². The molecule has 0 radical (unpaired) electrons. The lowest BCUT2D eigenvalue weighted by atomic mass is 10.1. The summed E-state index contributed by atoms with van der Waals surface area (Å²) >= 11 is 0. The van der Waals surface area contributed by atoms with Gasteiger partial charge in [-0.05, 0) is 38.1 Å². The average Bonchev–Trinajstić information content (AvgIpc) is 2.47. The summed E-state index contributed by atoms with van der Waals surface area (Å²) in [6, 6.07) is 16.0. The van der Waals surface area contributed by atoms with Crippen molar-refractivity contribution in [1.29, 1.82) is 0 Å². The predicted molar refractivity (Wildman–Crippen MR) is 83.4 cm³/mol. The zero-order valence-corrected chi connectivity index (χ0v) is 12.1. The Morgan fingerprint density at radius 3 is 1.90 bits per heavy atom. The van der Waals surface area contributed by atoms with Crippen molar-refractivity contribution in [3.63, 3.8) is 0 Å². The van der Waals surface area contributed by atoms with Crippen LogP contribution in [-0.4, -0.2) is 17.9 Å². The van der Waals surface area contributed by atoms with Gasteiger partial charge in [0.25, 0.3) is 11.8 Å². The van der Waals surface area contributed by atoms with Gasteiger partial charge in [-0.3, -0.25) is 9.59 Å². The Bertz CT molecular complexity index is 636. The molecule has 0 aromatic heterocycles. The van der Waals surface area contributed by atoms with Crippen molar-refractivity contribution in [1.82, 2.24) is 5.32 Å². The molecule has 2 aromatic rings. The summed E-state index contributed by atoms with van der Waals surface area (Å²) in [4.78, 5) is 24.5. The maximum absolute atomic E-state index is 12.3. The van der Waals surface area contributed by atoms with Crippen molar-refractivity contribution in [2.75, 3.05) is 5.32 Å². The maximum Gasteiger partial charge on any atom is 0.256 e. The molecule has 2 aromatic carbocycles. The topological polar surface area (TPSA) is 58.2 Å². The lowest BCUT2D eigenvalue weighted by Crippen LogP contribution is -2.31. The van der Waals surface area contributed by atoms with Crippen LogP contribution in [0.3, 0.4) is 0 Å². The van der Waals surface area contributed by atoms with Gasteiger partial charge in [0.15, 0.2) is 0 Å². The second kappa shape index (κ2) is 6.70. The first-order valence-electron chi connectivity index (χ1n) is 6.84. The van der Waals surface area contributed by atoms with Crippen LogP contribution >= 0.6 is 0 Å². The van der Waals surface area contributed by atoms with Crippen LogP contribution in [0, 0.1) is 0 Å². The molecule has 0 aliphatic carbocycles. The highest BCUT2D eigenvalue weighted by Crippen LogP contribution is 2.13. The van der Waals surface area contributed by atoms with E-state index in [0.717, 1.165) is 0 Å². The number of hydrogen-bond acceptors (Lipinski definition) is 2. The first-order valence-corrected chi connectivity index (χ1v) is 6.84. The van der Waals surface area contributed by atoms with E-state index in [0.29, 0.717) is 16.8 Å². The van der Waals surface area contributed by atoms with E-state index in [1.165, 1.54) is 0 Å². The minimum absolute atomic E-state index is 0.0164. The zero-order valence-electron chi connectivity index (χ0n) is 12.1. The predicted octanol–water partition coefficient (Wildman–Crippen LogP) is 3.08. The van der Waals surface area contributed by atoms with Gasteiger partial charge in [0.1, 0.15) is 0 Å². The number of anilines is 1. The highest BCUT2D eigenvalue weighted by molar-refractivity contribution is 6.12. The fourth-order valence-corrected chi connectivity index (χ4v) is 1.94. The molecule has 2 amide bonds. The smallest absolute Gasteiger partial charge is 0.256 e. The summed E-state index contributed by atoms with van der Waals surface area (Å²) in [5, 5.41) is 5.59. The first kappa shape index (κ1) is 14.8. The second-order valence-corrected chi connectivity index (χ2v) is 4.99. The van der Waals surface area contributed by atoms with Gasteiger partial charge in [0.05, 0.1) is 11.1 Å². The minimum atomic E-state index is -0.296. The van der Waals surface area contributed by atoms with Gasteiger partial charge in [0.2, 0.25) is 0 Å². The quantitative estimate of drug-likeness (QED) is 0.905. The van der Waals surface area contributed by atoms with Gasteiger partial charge in [0, 0.05) is 11.7 Å². The van der Waals surface area contributed by atoms with Gasteiger partial charge < -0.3 is 10.6 Å². The van der Waals surface area contributed by atoms with Crippen molar-refractivity contribution in [2.45, 2.75) is 19.9 Å². The van der Waals surface area contributed by atoms with Gasteiger partial charge >= 0.3 is 0 Å². The molecule has 0 atom stereocenters. The highest BCUT2D eigenvalue weighted by atomic mass is 16.2. The van der Waals surface area contributed by atoms with Crippen molar-refractivity contribution in [3.8, 4) is 0 Å². The summed E-state index contributed by atoms with van der Waals surface area (Å²) in [6.45, 7) is 3.76. The van der Waals surface area contributed by atoms with Crippen LogP contribution in [0.15, 0.2) is 54.6 Å². The van der Waals surface area contributed by atoms with E-state index in [1.807, 2.05) is 32.0 Å². The molecule has 21 heavy (non-hydrogen) atoms. The first-order chi connectivity index (χ1) is 10.1. The van der Waals surface area contributed by atoms with E-state index < -0.39 is 0 Å². The number of benzene rings is 2. The molecule has 0 aliphatic heterocycles. The van der Waals surface area contributed by atoms with Gasteiger partial charge in [-0.2, -0.15) is 0 Å². The average molecular weight is 282 g/mol. The zero-order chi connectivity index (χ0) is 15.2. The number of amides is 2. The molecule has 0 unspecified atom stereocenters. The summed E-state index contributed by atoms with van der Waals surface area (Å²) in [6.07, 6.45) is 0. The second-order valence-electron chi connectivity index (χ2n) is 4.99. The summed E-state index contributed by atoms with van der Waals surface area (Å²) < 4.78 is 0. The number of rotatable bonds is 4. The van der Waals surface area contributed by atoms with Gasteiger partial charge in [-0.1, -0.05) is 30.3 Å². The highest BCUT2D eigenvalue weighted by Gasteiger charge is 2.17. The summed E-state index contributed by atoms with van der Waals surface area (Å²) in [5.41, 5.74) is 1.43. The molecule has 0 aliphatic rings. The molecule has 0 bridgehead atoms. The van der Waals surface area contributed by atoms with Crippen LogP contribution in [0.4, 0.5) is 5.69 Å². The number of nitrogens with one attached hydrogen (secondary N) is 2. The molecule has 2 rings (SSSR count). The van der Waals surface area contributed by atoms with Crippen molar-refractivity contribution < 1.29 is 9.59 Å². The Hall–Kier alpha value is -2.62. The lowest BCUT2D eigenvalue weighted by Gasteiger charge is -2.12. The Morgan fingerprint density at radius 2 is 1.33 bits per heavy atom. The Morgan fingerprint density at radius 1 is 0.810 bits per heavy atom. The van der Waals surface area contributed by atoms with E-state index in [2.05, 4.69) is 10.6 Å². The Balaban J connectivity index is 2.23. The normalized spacial score (nSPS) is 10.2. The van der Waals surface area contributed by atoms with Crippen LogP contribution in [-0.2, 0) is 0 Å². The molecule has 0 heterocycles. The van der Waals surface area contributed by atoms with E-state index in [-0.39, 0.29) is 17.9 Å². The minimum Gasteiger partial charge on any atom is -0.350 e. The van der Waals surface area contributed by atoms with Gasteiger partial charge in [-0.25, -0.2) is 0 Å². The molecule has 0 saturated carbocycles. The summed E-state index contributed by atoms with van der Waals surface area (Å²) in [5.74, 6) is -0.542. The van der Waals surface area contributed by atoms with Crippen LogP contribution < -0.4 is 10.6 Å². The standard InChI is InChI=1S/C17H18N2O2/c1-12(2)18-16(20)14-10-6-7-11-15(14)17(21)19-13-8-4-3-5-9-13/h3-12H,1-2H3,(H,18,20)(H,19,21). The molecule has 4 heteroatoms. The van der Waals surface area contributed by atoms with Crippen molar-refractivity contribution in [2.24, 2.45) is 0 Å². The number of para-hydroxylation sites is 1. The number of hydrogen-bond donors (Lipinski definition) is 2. The third-order valence-corrected chi connectivity index (χ3v) is 2.87. The maximum atomic E-state index is 12.3. The molecule has 4 nitrogen and oxygen atoms in total. The Kier molecular flexibility index (Phi) is 4.72. The van der Waals surface area contributed by atoms with Gasteiger partial charge in [-0.15, -0.1) is 0 Å². The molecular formula is C17H18N2O2. The fourth-order valence-electron chi connectivity index (χ4n) is 1.94. The van der Waals surface area contributed by atoms with E-state index >= 15 is 0 Å². The van der Waals surface area contributed by atoms with E-state index in [4.69, 9.17) is 0 Å². The largest absolute Gasteiger partial charge is 0.350 e. The fraction of sp³-hybridized carbons (Fsp3) is 0.176. The van der Waals surface area contributed by atoms with Crippen molar-refractivity contribution in [3.05, 3.63) is 65.7 Å². The number of carbonyl (C=O) groups excluding carboxylic acids is 2. The molecule has 0 saturated heterocycles. The van der Waals surface area contributed by atoms with Crippen LogP contribution in [0.5, 0.6) is 0 Å². The third-order valence-electron chi connectivity index (χ3n) is 2.87. The lowest BCUT2D eigenvalue weighted by molar-refractivity contribution is 0.0931. The molecule has 0 spiro atoms. The molecule has 108 valence electrons. The molecular weight excluding hydrogens is 264 g/mol. The molecule has 0 fully saturated rings. The van der Waals surface area contributed by atoms with Crippen LogP contribution in [0.25, 0.3) is 0 Å². The molecule has 2 N–H and O–H groups in total.